The van der Waals surface area contributed by atoms with Gasteiger partial charge in [-0.2, -0.15) is 0 Å². The predicted molar refractivity (Wildman–Crippen MR) is 114 cm³/mol. The number of carbonyl (C=O) groups is 1. The first-order valence-electron chi connectivity index (χ1n) is 7.96. The van der Waals surface area contributed by atoms with Gasteiger partial charge in [0.2, 0.25) is 10.5 Å². The zero-order valence-corrected chi connectivity index (χ0v) is 18.6. The molecule has 28 heavy (non-hydrogen) atoms. The SMILES string of the molecule is CC(=O)c1c([S+](C)[O-])n(Cc2ccc(F)c(Cl)c2)c2c(Br)ccc(Cl)c2c1=O. The van der Waals surface area contributed by atoms with E-state index in [1.54, 1.807) is 16.7 Å². The summed E-state index contributed by atoms with van der Waals surface area (Å²) in [6.45, 7) is 1.34. The lowest BCUT2D eigenvalue weighted by Gasteiger charge is -2.20. The molecule has 3 rings (SSSR count). The third-order valence-corrected chi connectivity index (χ3v) is 6.42. The van der Waals surface area contributed by atoms with E-state index in [1.165, 1.54) is 31.4 Å². The largest absolute Gasteiger partial charge is 0.610 e. The predicted octanol–water partition coefficient (Wildman–Crippen LogP) is 5.20. The molecule has 2 aromatic carbocycles. The van der Waals surface area contributed by atoms with Gasteiger partial charge in [-0.05, 0) is 52.7 Å². The Morgan fingerprint density at radius 3 is 2.50 bits per heavy atom. The zero-order valence-electron chi connectivity index (χ0n) is 14.7. The van der Waals surface area contributed by atoms with Crippen molar-refractivity contribution in [3.63, 3.8) is 0 Å². The van der Waals surface area contributed by atoms with Crippen LogP contribution in [-0.4, -0.2) is 21.2 Å². The summed E-state index contributed by atoms with van der Waals surface area (Å²) in [5.74, 6) is -1.08. The molecule has 1 atom stereocenters. The maximum absolute atomic E-state index is 13.5. The summed E-state index contributed by atoms with van der Waals surface area (Å²) in [6.07, 6.45) is 1.39. The van der Waals surface area contributed by atoms with Crippen LogP contribution in [0.15, 0.2) is 44.6 Å². The highest BCUT2D eigenvalue weighted by Crippen LogP contribution is 2.32. The Morgan fingerprint density at radius 2 is 1.93 bits per heavy atom. The van der Waals surface area contributed by atoms with Crippen molar-refractivity contribution in [2.24, 2.45) is 0 Å². The Balaban J connectivity index is 2.48. The van der Waals surface area contributed by atoms with Gasteiger partial charge in [-0.15, -0.1) is 0 Å². The van der Waals surface area contributed by atoms with Gasteiger partial charge in [-0.25, -0.2) is 4.39 Å². The van der Waals surface area contributed by atoms with Gasteiger partial charge in [0.25, 0.3) is 0 Å². The Hall–Kier alpha value is -1.38. The van der Waals surface area contributed by atoms with Crippen LogP contribution in [-0.2, 0) is 17.7 Å². The Kier molecular flexibility index (Phi) is 6.22. The molecule has 1 unspecified atom stereocenters. The van der Waals surface area contributed by atoms with E-state index in [2.05, 4.69) is 15.9 Å². The first kappa shape index (κ1) is 21.3. The molecular formula is C19H13BrCl2FNO3S. The summed E-state index contributed by atoms with van der Waals surface area (Å²) in [6, 6.07) is 7.39. The number of carbonyl (C=O) groups excluding carboxylic acids is 1. The van der Waals surface area contributed by atoms with Crippen LogP contribution in [0.5, 0.6) is 0 Å². The molecule has 0 spiro atoms. The van der Waals surface area contributed by atoms with E-state index < -0.39 is 28.2 Å². The number of hydrogen-bond acceptors (Lipinski definition) is 3. The fourth-order valence-corrected chi connectivity index (χ4v) is 5.04. The van der Waals surface area contributed by atoms with Crippen LogP contribution in [0.2, 0.25) is 10.0 Å². The Morgan fingerprint density at radius 1 is 1.25 bits per heavy atom. The van der Waals surface area contributed by atoms with Gasteiger partial charge >= 0.3 is 0 Å². The van der Waals surface area contributed by atoms with Gasteiger partial charge in [0.15, 0.2) is 5.78 Å². The third-order valence-electron chi connectivity index (χ3n) is 4.21. The van der Waals surface area contributed by atoms with Crippen molar-refractivity contribution in [2.45, 2.75) is 18.5 Å². The van der Waals surface area contributed by atoms with Crippen LogP contribution < -0.4 is 5.43 Å². The second-order valence-corrected chi connectivity index (χ2v) is 9.07. The lowest BCUT2D eigenvalue weighted by Crippen LogP contribution is -2.26. The van der Waals surface area contributed by atoms with Crippen molar-refractivity contribution >= 4 is 67.0 Å². The van der Waals surface area contributed by atoms with E-state index in [0.29, 0.717) is 15.6 Å². The number of hydrogen-bond donors (Lipinski definition) is 0. The topological polar surface area (TPSA) is 62.1 Å². The highest BCUT2D eigenvalue weighted by atomic mass is 79.9. The number of pyridine rings is 1. The molecule has 3 aromatic rings. The fraction of sp³-hybridized carbons (Fsp3) is 0.158. The first-order chi connectivity index (χ1) is 13.1. The lowest BCUT2D eigenvalue weighted by molar-refractivity contribution is 0.101. The first-order valence-corrected chi connectivity index (χ1v) is 11.1. The van der Waals surface area contributed by atoms with Crippen molar-refractivity contribution in [3.05, 3.63) is 72.0 Å². The number of benzene rings is 2. The molecule has 0 aliphatic rings. The van der Waals surface area contributed by atoms with Crippen LogP contribution in [0.25, 0.3) is 10.9 Å². The number of fused-ring (bicyclic) bond motifs is 1. The van der Waals surface area contributed by atoms with Crippen LogP contribution in [0.1, 0.15) is 22.8 Å². The smallest absolute Gasteiger partial charge is 0.240 e. The quantitative estimate of drug-likeness (QED) is 0.362. The molecule has 146 valence electrons. The standard InChI is InChI=1S/C19H13BrCl2FNO3S/c1-9(25)15-18(26)16-12(21)5-4-11(20)17(16)24(19(15)28(2)27)8-10-3-6-14(23)13(22)7-10/h3-7H,8H2,1-2H3. The van der Waals surface area contributed by atoms with Crippen LogP contribution >= 0.6 is 39.1 Å². The molecule has 0 aliphatic heterocycles. The van der Waals surface area contributed by atoms with E-state index in [9.17, 15) is 18.5 Å². The van der Waals surface area contributed by atoms with E-state index in [0.717, 1.165) is 0 Å². The molecule has 0 aliphatic carbocycles. The van der Waals surface area contributed by atoms with E-state index >= 15 is 0 Å². The minimum absolute atomic E-state index is 0.0640. The number of aromatic nitrogens is 1. The van der Waals surface area contributed by atoms with Gasteiger partial charge in [-0.3, -0.25) is 14.2 Å². The maximum atomic E-state index is 13.5. The number of Topliss-reactive ketones (excluding diaryl/α,β-unsaturated/α-hetero) is 1. The van der Waals surface area contributed by atoms with Gasteiger partial charge in [0.1, 0.15) is 17.6 Å². The average molecular weight is 505 g/mol. The molecule has 4 nitrogen and oxygen atoms in total. The monoisotopic (exact) mass is 503 g/mol. The summed E-state index contributed by atoms with van der Waals surface area (Å²) in [7, 11) is 0. The number of ketones is 1. The zero-order chi connectivity index (χ0) is 20.7. The molecule has 0 saturated carbocycles. The highest BCUT2D eigenvalue weighted by Gasteiger charge is 2.28. The molecule has 0 N–H and O–H groups in total. The van der Waals surface area contributed by atoms with Crippen molar-refractivity contribution in [1.29, 1.82) is 0 Å². The molecular weight excluding hydrogens is 492 g/mol. The molecule has 0 amide bonds. The van der Waals surface area contributed by atoms with Gasteiger partial charge in [0.05, 0.1) is 27.5 Å². The molecule has 0 bridgehead atoms. The number of halogens is 4. The minimum Gasteiger partial charge on any atom is -0.610 e. The van der Waals surface area contributed by atoms with Crippen molar-refractivity contribution in [3.8, 4) is 0 Å². The average Bonchev–Trinajstić information content (AvgIpc) is 2.61. The van der Waals surface area contributed by atoms with Gasteiger partial charge < -0.3 is 4.55 Å². The summed E-state index contributed by atoms with van der Waals surface area (Å²) in [4.78, 5) is 25.3. The van der Waals surface area contributed by atoms with Crippen molar-refractivity contribution in [2.75, 3.05) is 6.26 Å². The van der Waals surface area contributed by atoms with E-state index in [-0.39, 0.29) is 32.6 Å². The summed E-state index contributed by atoms with van der Waals surface area (Å²) >= 11 is 13.9. The Bertz CT molecular complexity index is 1180. The number of nitrogens with zero attached hydrogens (tertiary/aromatic N) is 1. The summed E-state index contributed by atoms with van der Waals surface area (Å²) < 4.78 is 28.2. The lowest BCUT2D eigenvalue weighted by atomic mass is 10.1. The van der Waals surface area contributed by atoms with Crippen LogP contribution in [0.4, 0.5) is 4.39 Å². The van der Waals surface area contributed by atoms with Crippen molar-refractivity contribution in [1.82, 2.24) is 4.57 Å². The van der Waals surface area contributed by atoms with Crippen molar-refractivity contribution < 1.29 is 13.7 Å². The van der Waals surface area contributed by atoms with Crippen LogP contribution in [0, 0.1) is 5.82 Å². The second kappa shape index (κ2) is 8.16. The maximum Gasteiger partial charge on any atom is 0.240 e. The van der Waals surface area contributed by atoms with E-state index in [1.807, 2.05) is 0 Å². The van der Waals surface area contributed by atoms with Gasteiger partial charge in [-0.1, -0.05) is 29.3 Å². The fourth-order valence-electron chi connectivity index (χ4n) is 3.06. The number of rotatable bonds is 4. The van der Waals surface area contributed by atoms with E-state index in [4.69, 9.17) is 23.2 Å². The minimum atomic E-state index is -1.67. The van der Waals surface area contributed by atoms with Crippen LogP contribution in [0.3, 0.4) is 0 Å². The molecule has 0 radical (unpaired) electrons. The molecule has 0 fully saturated rings. The third kappa shape index (κ3) is 3.74. The normalized spacial score (nSPS) is 12.4. The van der Waals surface area contributed by atoms with Gasteiger partial charge in [0, 0.05) is 15.6 Å². The summed E-state index contributed by atoms with van der Waals surface area (Å²) in [5.41, 5.74) is 0.242. The Labute approximate surface area is 181 Å². The molecule has 9 heteroatoms. The second-order valence-electron chi connectivity index (χ2n) is 6.11. The highest BCUT2D eigenvalue weighted by molar-refractivity contribution is 9.10. The molecule has 1 heterocycles. The summed E-state index contributed by atoms with van der Waals surface area (Å²) in [5, 5.41) is 0.327. The molecule has 0 saturated heterocycles. The molecule has 1 aromatic heterocycles.